The van der Waals surface area contributed by atoms with Crippen molar-refractivity contribution in [2.45, 2.75) is 38.4 Å². The molecular formula is C18H25N5O3S. The number of nitrogen functional groups attached to an aromatic ring is 1. The van der Waals surface area contributed by atoms with E-state index < -0.39 is 12.0 Å². The molecule has 146 valence electrons. The molecule has 1 atom stereocenters. The van der Waals surface area contributed by atoms with Gasteiger partial charge in [-0.25, -0.2) is 9.47 Å². The number of amides is 1. The van der Waals surface area contributed by atoms with Gasteiger partial charge in [-0.2, -0.15) is 0 Å². The third kappa shape index (κ3) is 5.72. The molecule has 27 heavy (non-hydrogen) atoms. The molecule has 0 saturated carbocycles. The molecule has 0 aliphatic rings. The minimum atomic E-state index is -0.665. The van der Waals surface area contributed by atoms with Crippen LogP contribution in [-0.2, 0) is 14.3 Å². The van der Waals surface area contributed by atoms with E-state index in [0.717, 1.165) is 22.9 Å². The summed E-state index contributed by atoms with van der Waals surface area (Å²) in [6.45, 7) is 5.94. The second-order valence-electron chi connectivity index (χ2n) is 6.60. The van der Waals surface area contributed by atoms with Crippen molar-refractivity contribution in [2.75, 3.05) is 18.7 Å². The molecule has 1 aromatic heterocycles. The van der Waals surface area contributed by atoms with Crippen molar-refractivity contribution in [3.63, 3.8) is 0 Å². The fraction of sp³-hybridized carbons (Fsp3) is 0.444. The van der Waals surface area contributed by atoms with E-state index in [-0.39, 0.29) is 17.6 Å². The first kappa shape index (κ1) is 20.8. The van der Waals surface area contributed by atoms with Gasteiger partial charge in [-0.1, -0.05) is 55.4 Å². The number of carbonyl (C=O) groups excluding carboxylic acids is 2. The summed E-state index contributed by atoms with van der Waals surface area (Å²) in [5, 5.41) is 11.3. The zero-order valence-electron chi connectivity index (χ0n) is 15.9. The van der Waals surface area contributed by atoms with Gasteiger partial charge in [0.1, 0.15) is 6.04 Å². The number of nitrogens with one attached hydrogen (secondary N) is 1. The van der Waals surface area contributed by atoms with Gasteiger partial charge >= 0.3 is 5.97 Å². The van der Waals surface area contributed by atoms with Gasteiger partial charge < -0.3 is 15.9 Å². The minimum absolute atomic E-state index is 0.0643. The molecule has 0 spiro atoms. The lowest BCUT2D eigenvalue weighted by Gasteiger charge is -2.18. The number of hydrogen-bond donors (Lipinski definition) is 2. The number of nitrogens with zero attached hydrogens (tertiary/aromatic N) is 3. The fourth-order valence-corrected chi connectivity index (χ4v) is 3.14. The minimum Gasteiger partial charge on any atom is -0.467 e. The summed E-state index contributed by atoms with van der Waals surface area (Å²) in [4.78, 5) is 24.0. The normalized spacial score (nSPS) is 12.0. The summed E-state index contributed by atoms with van der Waals surface area (Å²) in [7, 11) is 1.31. The summed E-state index contributed by atoms with van der Waals surface area (Å²) in [5.41, 5.74) is 1.98. The van der Waals surface area contributed by atoms with Crippen molar-refractivity contribution < 1.29 is 14.3 Å². The smallest absolute Gasteiger partial charge is 0.328 e. The monoisotopic (exact) mass is 391 g/mol. The van der Waals surface area contributed by atoms with Crippen LogP contribution in [0, 0.1) is 12.8 Å². The van der Waals surface area contributed by atoms with Crippen LogP contribution in [0.5, 0.6) is 0 Å². The first-order valence-electron chi connectivity index (χ1n) is 8.59. The Morgan fingerprint density at radius 3 is 2.52 bits per heavy atom. The summed E-state index contributed by atoms with van der Waals surface area (Å²) >= 11 is 1.15. The first-order chi connectivity index (χ1) is 12.8. The molecule has 0 bridgehead atoms. The quantitative estimate of drug-likeness (QED) is 0.400. The zero-order chi connectivity index (χ0) is 20.0. The predicted molar refractivity (Wildman–Crippen MR) is 104 cm³/mol. The van der Waals surface area contributed by atoms with E-state index in [1.807, 2.05) is 45.0 Å². The SMILES string of the molecule is COC(=O)[C@@H](CC(C)C)NC(=O)CSc1nnc(-c2ccc(C)cc2)n1N. The Morgan fingerprint density at radius 2 is 1.93 bits per heavy atom. The summed E-state index contributed by atoms with van der Waals surface area (Å²) in [6, 6.07) is 7.09. The summed E-state index contributed by atoms with van der Waals surface area (Å²) in [5.74, 6) is 6.14. The van der Waals surface area contributed by atoms with Crippen molar-refractivity contribution in [3.8, 4) is 11.4 Å². The number of ether oxygens (including phenoxy) is 1. The molecule has 1 heterocycles. The van der Waals surface area contributed by atoms with Crippen molar-refractivity contribution in [3.05, 3.63) is 29.8 Å². The van der Waals surface area contributed by atoms with Gasteiger partial charge in [-0.05, 0) is 19.3 Å². The average Bonchev–Trinajstić information content (AvgIpc) is 2.99. The van der Waals surface area contributed by atoms with Crippen LogP contribution in [0.3, 0.4) is 0 Å². The highest BCUT2D eigenvalue weighted by Crippen LogP contribution is 2.21. The van der Waals surface area contributed by atoms with E-state index in [2.05, 4.69) is 15.5 Å². The van der Waals surface area contributed by atoms with Crippen molar-refractivity contribution >= 4 is 23.6 Å². The Hall–Kier alpha value is -2.55. The van der Waals surface area contributed by atoms with Crippen LogP contribution in [0.4, 0.5) is 0 Å². The molecule has 1 aromatic carbocycles. The van der Waals surface area contributed by atoms with Gasteiger partial charge in [-0.3, -0.25) is 4.79 Å². The van der Waals surface area contributed by atoms with Crippen molar-refractivity contribution in [2.24, 2.45) is 5.92 Å². The van der Waals surface area contributed by atoms with Crippen LogP contribution < -0.4 is 11.2 Å². The average molecular weight is 391 g/mol. The lowest BCUT2D eigenvalue weighted by atomic mass is 10.0. The predicted octanol–water partition coefficient (Wildman–Crippen LogP) is 1.76. The molecule has 0 saturated heterocycles. The number of carbonyl (C=O) groups is 2. The van der Waals surface area contributed by atoms with Gasteiger partial charge in [0.25, 0.3) is 0 Å². The summed E-state index contributed by atoms with van der Waals surface area (Å²) in [6.07, 6.45) is 0.508. The van der Waals surface area contributed by atoms with Crippen molar-refractivity contribution in [1.82, 2.24) is 20.2 Å². The number of esters is 1. The van der Waals surface area contributed by atoms with Crippen LogP contribution in [0.25, 0.3) is 11.4 Å². The Balaban J connectivity index is 1.98. The third-order valence-corrected chi connectivity index (χ3v) is 4.78. The van der Waals surface area contributed by atoms with Crippen molar-refractivity contribution in [1.29, 1.82) is 0 Å². The number of methoxy groups -OCH3 is 1. The number of thioether (sulfide) groups is 1. The van der Waals surface area contributed by atoms with Crippen LogP contribution >= 0.6 is 11.8 Å². The fourth-order valence-electron chi connectivity index (χ4n) is 2.47. The maximum atomic E-state index is 12.2. The lowest BCUT2D eigenvalue weighted by molar-refractivity contribution is -0.145. The van der Waals surface area contributed by atoms with E-state index in [1.165, 1.54) is 11.8 Å². The molecule has 0 fully saturated rings. The van der Waals surface area contributed by atoms with Crippen LogP contribution in [0.1, 0.15) is 25.8 Å². The van der Waals surface area contributed by atoms with Gasteiger partial charge in [0, 0.05) is 5.56 Å². The van der Waals surface area contributed by atoms with Gasteiger partial charge in [0.2, 0.25) is 11.1 Å². The Labute approximate surface area is 162 Å². The Morgan fingerprint density at radius 1 is 1.26 bits per heavy atom. The lowest BCUT2D eigenvalue weighted by Crippen LogP contribution is -2.43. The number of benzene rings is 1. The van der Waals surface area contributed by atoms with Crippen LogP contribution in [0.15, 0.2) is 29.4 Å². The first-order valence-corrected chi connectivity index (χ1v) is 9.58. The molecular weight excluding hydrogens is 366 g/mol. The number of aryl methyl sites for hydroxylation is 1. The maximum Gasteiger partial charge on any atom is 0.328 e. The molecule has 0 aliphatic heterocycles. The molecule has 3 N–H and O–H groups in total. The molecule has 2 rings (SSSR count). The van der Waals surface area contributed by atoms with E-state index in [1.54, 1.807) is 0 Å². The highest BCUT2D eigenvalue weighted by molar-refractivity contribution is 7.99. The number of rotatable bonds is 8. The maximum absolute atomic E-state index is 12.2. The van der Waals surface area contributed by atoms with E-state index in [9.17, 15) is 9.59 Å². The topological polar surface area (TPSA) is 112 Å². The molecule has 0 unspecified atom stereocenters. The molecule has 8 nitrogen and oxygen atoms in total. The molecule has 0 radical (unpaired) electrons. The molecule has 1 amide bonds. The van der Waals surface area contributed by atoms with E-state index in [0.29, 0.717) is 17.4 Å². The van der Waals surface area contributed by atoms with Crippen LogP contribution in [0.2, 0.25) is 0 Å². The Kier molecular flexibility index (Phi) is 7.23. The second-order valence-corrected chi connectivity index (χ2v) is 7.55. The number of aromatic nitrogens is 3. The number of hydrogen-bond acceptors (Lipinski definition) is 7. The van der Waals surface area contributed by atoms with E-state index >= 15 is 0 Å². The zero-order valence-corrected chi connectivity index (χ0v) is 16.7. The number of nitrogens with two attached hydrogens (primary N) is 1. The summed E-state index contributed by atoms with van der Waals surface area (Å²) < 4.78 is 6.11. The second kappa shape index (κ2) is 9.40. The molecule has 2 aromatic rings. The van der Waals surface area contributed by atoms with Crippen LogP contribution in [-0.4, -0.2) is 45.7 Å². The standard InChI is InChI=1S/C18H25N5O3S/c1-11(2)9-14(17(25)26-4)20-15(24)10-27-18-22-21-16(23(18)19)13-7-5-12(3)6-8-13/h5-8,11,14H,9-10,19H2,1-4H3,(H,20,24)/t14-/m1/s1. The highest BCUT2D eigenvalue weighted by Gasteiger charge is 2.23. The third-order valence-electron chi connectivity index (χ3n) is 3.83. The molecule has 9 heteroatoms. The van der Waals surface area contributed by atoms with Gasteiger partial charge in [-0.15, -0.1) is 10.2 Å². The molecule has 0 aliphatic carbocycles. The van der Waals surface area contributed by atoms with E-state index in [4.69, 9.17) is 10.6 Å². The van der Waals surface area contributed by atoms with Gasteiger partial charge in [0.15, 0.2) is 5.82 Å². The van der Waals surface area contributed by atoms with Gasteiger partial charge in [0.05, 0.1) is 12.9 Å². The Bertz CT molecular complexity index is 789. The highest BCUT2D eigenvalue weighted by atomic mass is 32.2. The largest absolute Gasteiger partial charge is 0.467 e.